The van der Waals surface area contributed by atoms with Gasteiger partial charge in [-0.2, -0.15) is 0 Å². The van der Waals surface area contributed by atoms with E-state index in [1.165, 1.54) is 0 Å². The third kappa shape index (κ3) is 3.87. The van der Waals surface area contributed by atoms with Gasteiger partial charge >= 0.3 is 0 Å². The molecule has 1 aliphatic heterocycles. The maximum Gasteiger partial charge on any atom is 0.255 e. The maximum absolute atomic E-state index is 12.7. The van der Waals surface area contributed by atoms with Gasteiger partial charge in [-0.05, 0) is 54.6 Å². The molecule has 0 bridgehead atoms. The number of halogens is 3. The number of rotatable bonds is 2. The fourth-order valence-corrected chi connectivity index (χ4v) is 3.45. The van der Waals surface area contributed by atoms with Crippen LogP contribution in [0.5, 0.6) is 0 Å². The summed E-state index contributed by atoms with van der Waals surface area (Å²) in [5.41, 5.74) is 0.344. The lowest BCUT2D eigenvalue weighted by Gasteiger charge is -2.42. The Kier molecular flexibility index (Phi) is 5.37. The van der Waals surface area contributed by atoms with E-state index in [9.17, 15) is 4.79 Å². The number of carbonyl (C=O) groups excluding carboxylic acids is 1. The van der Waals surface area contributed by atoms with Gasteiger partial charge in [0.15, 0.2) is 0 Å². The van der Waals surface area contributed by atoms with Crippen molar-refractivity contribution in [1.29, 1.82) is 0 Å². The second-order valence-corrected chi connectivity index (χ2v) is 7.85. The van der Waals surface area contributed by atoms with Crippen molar-refractivity contribution in [1.82, 2.24) is 4.90 Å². The average molecular weight is 473 g/mol. The normalized spacial score (nSPS) is 21.9. The van der Waals surface area contributed by atoms with E-state index >= 15 is 0 Å². The van der Waals surface area contributed by atoms with Gasteiger partial charge in [0.25, 0.3) is 5.91 Å². The summed E-state index contributed by atoms with van der Waals surface area (Å²) in [6.45, 7) is 5.08. The summed E-state index contributed by atoms with van der Waals surface area (Å²) in [7, 11) is 0. The molecule has 2 rings (SSSR count). The summed E-state index contributed by atoms with van der Waals surface area (Å²) in [6, 6.07) is 5.73. The van der Waals surface area contributed by atoms with E-state index < -0.39 is 0 Å². The second-order valence-electron chi connectivity index (χ2n) is 5.46. The third-order valence-electron chi connectivity index (χ3n) is 3.10. The molecule has 1 aliphatic rings. The van der Waals surface area contributed by atoms with Crippen LogP contribution in [0.15, 0.2) is 22.7 Å². The summed E-state index contributed by atoms with van der Waals surface area (Å²) in [4.78, 5) is 14.6. The summed E-state index contributed by atoms with van der Waals surface area (Å²) in [5, 5.41) is 0. The van der Waals surface area contributed by atoms with Crippen molar-refractivity contribution in [3.8, 4) is 0 Å². The molecule has 0 saturated carbocycles. The Morgan fingerprint density at radius 3 is 2.95 bits per heavy atom. The van der Waals surface area contributed by atoms with E-state index in [4.69, 9.17) is 16.3 Å². The Balaban J connectivity index is 2.25. The molecule has 1 atom stereocenters. The van der Waals surface area contributed by atoms with Crippen LogP contribution in [0.1, 0.15) is 24.2 Å². The first-order chi connectivity index (χ1) is 9.32. The topological polar surface area (TPSA) is 29.5 Å². The van der Waals surface area contributed by atoms with Crippen LogP contribution in [0.3, 0.4) is 0 Å². The largest absolute Gasteiger partial charge is 0.367 e. The molecule has 1 fully saturated rings. The Labute approximate surface area is 146 Å². The smallest absolute Gasteiger partial charge is 0.255 e. The van der Waals surface area contributed by atoms with Crippen LogP contribution < -0.4 is 0 Å². The first-order valence-electron chi connectivity index (χ1n) is 6.30. The molecule has 0 aromatic heterocycles. The van der Waals surface area contributed by atoms with Crippen molar-refractivity contribution in [2.24, 2.45) is 0 Å². The fraction of sp³-hybridized carbons (Fsp3) is 0.500. The van der Waals surface area contributed by atoms with Gasteiger partial charge in [-0.15, -0.1) is 11.6 Å². The summed E-state index contributed by atoms with van der Waals surface area (Å²) >= 11 is 11.5. The molecule has 20 heavy (non-hydrogen) atoms. The van der Waals surface area contributed by atoms with Crippen LogP contribution >= 0.6 is 50.1 Å². The maximum atomic E-state index is 12.7. The Bertz CT molecular complexity index is 524. The van der Waals surface area contributed by atoms with Crippen LogP contribution in [-0.4, -0.2) is 41.5 Å². The van der Waals surface area contributed by atoms with Gasteiger partial charge < -0.3 is 9.64 Å². The average Bonchev–Trinajstić information content (AvgIpc) is 2.38. The predicted octanol–water partition coefficient (Wildman–Crippen LogP) is 3.91. The lowest BCUT2D eigenvalue weighted by molar-refractivity contribution is -0.117. The molecule has 1 saturated heterocycles. The van der Waals surface area contributed by atoms with Crippen molar-refractivity contribution >= 4 is 56.0 Å². The fourth-order valence-electron chi connectivity index (χ4n) is 2.36. The minimum absolute atomic E-state index is 0.0298. The lowest BCUT2D eigenvalue weighted by Crippen LogP contribution is -2.55. The number of amides is 1. The van der Waals surface area contributed by atoms with Gasteiger partial charge in [-0.25, -0.2) is 0 Å². The molecule has 1 heterocycles. The van der Waals surface area contributed by atoms with Gasteiger partial charge in [-0.1, -0.05) is 15.9 Å². The number of carbonyl (C=O) groups is 1. The molecular formula is C14H16BrClINO2. The van der Waals surface area contributed by atoms with Crippen molar-refractivity contribution in [2.75, 3.05) is 19.0 Å². The highest BCUT2D eigenvalue weighted by atomic mass is 127. The Morgan fingerprint density at radius 2 is 2.30 bits per heavy atom. The number of alkyl halides is 1. The van der Waals surface area contributed by atoms with Crippen LogP contribution in [0.2, 0.25) is 0 Å². The number of morpholine rings is 1. The first kappa shape index (κ1) is 16.5. The van der Waals surface area contributed by atoms with Crippen LogP contribution in [-0.2, 0) is 4.74 Å². The minimum Gasteiger partial charge on any atom is -0.367 e. The van der Waals surface area contributed by atoms with Gasteiger partial charge in [0.05, 0.1) is 23.1 Å². The van der Waals surface area contributed by atoms with Crippen LogP contribution in [0.25, 0.3) is 0 Å². The number of benzene rings is 1. The summed E-state index contributed by atoms with van der Waals surface area (Å²) in [5.74, 6) is 0.421. The number of ether oxygens (including phenoxy) is 1. The SMILES string of the molecule is CC1(C)CN(C(=O)c2cc(Br)ccc2I)CC(CCl)O1. The van der Waals surface area contributed by atoms with E-state index in [1.54, 1.807) is 0 Å². The highest BCUT2D eigenvalue weighted by molar-refractivity contribution is 14.1. The molecule has 1 unspecified atom stereocenters. The van der Waals surface area contributed by atoms with Gasteiger partial charge in [0.2, 0.25) is 0 Å². The monoisotopic (exact) mass is 471 g/mol. The molecule has 0 radical (unpaired) electrons. The van der Waals surface area contributed by atoms with Gasteiger partial charge in [-0.3, -0.25) is 4.79 Å². The standard InChI is InChI=1S/C14H16BrClINO2/c1-14(2)8-18(7-10(6-16)20-14)13(19)11-5-9(15)3-4-12(11)17/h3-5,10H,6-8H2,1-2H3. The molecule has 0 aliphatic carbocycles. The zero-order valence-corrected chi connectivity index (χ0v) is 15.8. The van der Waals surface area contributed by atoms with Crippen molar-refractivity contribution in [2.45, 2.75) is 25.6 Å². The molecule has 0 spiro atoms. The molecular weight excluding hydrogens is 456 g/mol. The van der Waals surface area contributed by atoms with Crippen LogP contribution in [0.4, 0.5) is 0 Å². The molecule has 6 heteroatoms. The number of hydrogen-bond acceptors (Lipinski definition) is 2. The predicted molar refractivity (Wildman–Crippen MR) is 92.4 cm³/mol. The summed E-state index contributed by atoms with van der Waals surface area (Å²) < 4.78 is 7.71. The molecule has 3 nitrogen and oxygen atoms in total. The highest BCUT2D eigenvalue weighted by Gasteiger charge is 2.35. The van der Waals surface area contributed by atoms with Crippen molar-refractivity contribution < 1.29 is 9.53 Å². The zero-order valence-electron chi connectivity index (χ0n) is 11.3. The van der Waals surface area contributed by atoms with E-state index in [1.807, 2.05) is 36.9 Å². The Hall–Kier alpha value is 0.150. The van der Waals surface area contributed by atoms with Gasteiger partial charge in [0, 0.05) is 21.1 Å². The van der Waals surface area contributed by atoms with E-state index in [-0.39, 0.29) is 17.6 Å². The molecule has 1 aromatic rings. The van der Waals surface area contributed by atoms with E-state index in [0.717, 1.165) is 8.04 Å². The molecule has 0 N–H and O–H groups in total. The van der Waals surface area contributed by atoms with E-state index in [2.05, 4.69) is 38.5 Å². The van der Waals surface area contributed by atoms with Crippen molar-refractivity contribution in [3.63, 3.8) is 0 Å². The minimum atomic E-state index is -0.370. The summed E-state index contributed by atoms with van der Waals surface area (Å²) in [6.07, 6.45) is -0.116. The molecule has 1 aromatic carbocycles. The lowest BCUT2D eigenvalue weighted by atomic mass is 10.0. The van der Waals surface area contributed by atoms with Crippen LogP contribution in [0, 0.1) is 3.57 Å². The number of nitrogens with zero attached hydrogens (tertiary/aromatic N) is 1. The zero-order chi connectivity index (χ0) is 14.9. The van der Waals surface area contributed by atoms with Gasteiger partial charge in [0.1, 0.15) is 0 Å². The highest BCUT2D eigenvalue weighted by Crippen LogP contribution is 2.25. The van der Waals surface area contributed by atoms with E-state index in [0.29, 0.717) is 24.5 Å². The number of hydrogen-bond donors (Lipinski definition) is 0. The third-order valence-corrected chi connectivity index (χ3v) is 4.88. The first-order valence-corrected chi connectivity index (χ1v) is 8.71. The second kappa shape index (κ2) is 6.50. The molecule has 110 valence electrons. The quantitative estimate of drug-likeness (QED) is 0.483. The molecule has 1 amide bonds. The van der Waals surface area contributed by atoms with Crippen molar-refractivity contribution in [3.05, 3.63) is 31.8 Å². The Morgan fingerprint density at radius 1 is 1.60 bits per heavy atom.